The molecule has 1 aliphatic carbocycles. The Balaban J connectivity index is 1.38. The number of rotatable bonds is 7. The highest BCUT2D eigenvalue weighted by Crippen LogP contribution is 2.36. The van der Waals surface area contributed by atoms with Gasteiger partial charge in [-0.3, -0.25) is 0 Å². The number of nitrogens with zero attached hydrogens (tertiary/aromatic N) is 3. The fourth-order valence-corrected chi connectivity index (χ4v) is 3.76. The molecule has 0 spiro atoms. The van der Waals surface area contributed by atoms with Gasteiger partial charge in [-0.25, -0.2) is 9.97 Å². The lowest BCUT2D eigenvalue weighted by Gasteiger charge is -2.31. The van der Waals surface area contributed by atoms with Crippen LogP contribution in [0.1, 0.15) is 68.8 Å². The number of aryl methyl sites for hydroxylation is 1. The molecule has 1 aromatic heterocycles. The van der Waals surface area contributed by atoms with Crippen molar-refractivity contribution in [2.24, 2.45) is 0 Å². The lowest BCUT2D eigenvalue weighted by molar-refractivity contribution is 0.0731. The lowest BCUT2D eigenvalue weighted by atomic mass is 9.80. The Bertz CT molecular complexity index is 508. The maximum atomic E-state index is 9.48. The number of anilines is 1. The number of aliphatic hydroxyl groups excluding tert-OH is 1. The number of unbranched alkanes of at least 4 members (excludes halogenated alkanes) is 1. The summed E-state index contributed by atoms with van der Waals surface area (Å²) < 4.78 is 0. The van der Waals surface area contributed by atoms with Gasteiger partial charge in [-0.15, -0.1) is 0 Å². The van der Waals surface area contributed by atoms with E-state index in [4.69, 9.17) is 0 Å². The molecule has 1 saturated carbocycles. The largest absolute Gasteiger partial charge is 0.393 e. The Morgan fingerprint density at radius 3 is 2.58 bits per heavy atom. The molecule has 0 bridgehead atoms. The Morgan fingerprint density at radius 2 is 1.88 bits per heavy atom. The molecule has 0 unspecified atom stereocenters. The van der Waals surface area contributed by atoms with Gasteiger partial charge >= 0.3 is 0 Å². The van der Waals surface area contributed by atoms with Crippen molar-refractivity contribution in [3.05, 3.63) is 17.6 Å². The SMILES string of the molecule is Cc1nc(NCCCCN2CCCCCC2)cc(C2CC(O)C2)n1. The summed E-state index contributed by atoms with van der Waals surface area (Å²) in [5, 5.41) is 12.9. The van der Waals surface area contributed by atoms with Gasteiger partial charge in [0.1, 0.15) is 11.6 Å². The van der Waals surface area contributed by atoms with Crippen molar-refractivity contribution in [2.75, 3.05) is 31.5 Å². The summed E-state index contributed by atoms with van der Waals surface area (Å²) in [4.78, 5) is 11.7. The van der Waals surface area contributed by atoms with Crippen LogP contribution in [0.4, 0.5) is 5.82 Å². The zero-order chi connectivity index (χ0) is 16.8. The van der Waals surface area contributed by atoms with Crippen molar-refractivity contribution in [3.8, 4) is 0 Å². The summed E-state index contributed by atoms with van der Waals surface area (Å²) in [6.07, 6.45) is 9.53. The monoisotopic (exact) mass is 332 g/mol. The summed E-state index contributed by atoms with van der Waals surface area (Å²) in [7, 11) is 0. The van der Waals surface area contributed by atoms with E-state index >= 15 is 0 Å². The molecule has 5 heteroatoms. The topological polar surface area (TPSA) is 61.3 Å². The van der Waals surface area contributed by atoms with E-state index in [9.17, 15) is 5.11 Å². The number of hydrogen-bond acceptors (Lipinski definition) is 5. The van der Waals surface area contributed by atoms with Gasteiger partial charge in [0, 0.05) is 24.2 Å². The summed E-state index contributed by atoms with van der Waals surface area (Å²) in [5.41, 5.74) is 1.08. The number of hydrogen-bond donors (Lipinski definition) is 2. The van der Waals surface area contributed by atoms with Gasteiger partial charge in [0.15, 0.2) is 0 Å². The van der Waals surface area contributed by atoms with E-state index < -0.39 is 0 Å². The molecule has 0 amide bonds. The van der Waals surface area contributed by atoms with Crippen LogP contribution in [0, 0.1) is 6.92 Å². The molecule has 1 aliphatic heterocycles. The molecule has 3 rings (SSSR count). The normalized spacial score (nSPS) is 25.1. The van der Waals surface area contributed by atoms with Crippen molar-refractivity contribution < 1.29 is 5.11 Å². The van der Waals surface area contributed by atoms with Crippen molar-refractivity contribution in [1.29, 1.82) is 0 Å². The predicted octanol–water partition coefficient (Wildman–Crippen LogP) is 3.09. The van der Waals surface area contributed by atoms with E-state index in [-0.39, 0.29) is 6.10 Å². The molecular weight excluding hydrogens is 300 g/mol. The number of nitrogens with one attached hydrogen (secondary N) is 1. The van der Waals surface area contributed by atoms with Crippen LogP contribution in [-0.2, 0) is 0 Å². The van der Waals surface area contributed by atoms with Gasteiger partial charge in [-0.05, 0) is 65.1 Å². The predicted molar refractivity (Wildman–Crippen MR) is 97.4 cm³/mol. The fourth-order valence-electron chi connectivity index (χ4n) is 3.76. The van der Waals surface area contributed by atoms with E-state index in [0.29, 0.717) is 5.92 Å². The van der Waals surface area contributed by atoms with Crippen LogP contribution in [0.15, 0.2) is 6.07 Å². The van der Waals surface area contributed by atoms with Crippen LogP contribution in [0.25, 0.3) is 0 Å². The number of aromatic nitrogens is 2. The molecule has 134 valence electrons. The van der Waals surface area contributed by atoms with Crippen LogP contribution in [0.3, 0.4) is 0 Å². The molecule has 24 heavy (non-hydrogen) atoms. The van der Waals surface area contributed by atoms with Crippen LogP contribution in [0.5, 0.6) is 0 Å². The van der Waals surface area contributed by atoms with Gasteiger partial charge in [0.2, 0.25) is 0 Å². The molecule has 2 heterocycles. The standard InChI is InChI=1S/C19H32N4O/c1-15-21-18(16-12-17(24)13-16)14-19(22-15)20-8-4-7-11-23-9-5-2-3-6-10-23/h14,16-17,24H,2-13H2,1H3,(H,20,21,22). The minimum Gasteiger partial charge on any atom is -0.393 e. The summed E-state index contributed by atoms with van der Waals surface area (Å²) >= 11 is 0. The Labute approximate surface area is 145 Å². The first-order valence-corrected chi connectivity index (χ1v) is 9.70. The van der Waals surface area contributed by atoms with Crippen molar-refractivity contribution in [3.63, 3.8) is 0 Å². The van der Waals surface area contributed by atoms with E-state index in [0.717, 1.165) is 36.7 Å². The highest BCUT2D eigenvalue weighted by atomic mass is 16.3. The Hall–Kier alpha value is -1.20. The third kappa shape index (κ3) is 5.15. The van der Waals surface area contributed by atoms with Gasteiger partial charge < -0.3 is 15.3 Å². The quantitative estimate of drug-likeness (QED) is 0.751. The third-order valence-electron chi connectivity index (χ3n) is 5.30. The van der Waals surface area contributed by atoms with Crippen LogP contribution in [-0.4, -0.2) is 52.3 Å². The third-order valence-corrected chi connectivity index (χ3v) is 5.30. The second-order valence-corrected chi connectivity index (χ2v) is 7.44. The summed E-state index contributed by atoms with van der Waals surface area (Å²) in [5.74, 6) is 2.17. The molecule has 0 aromatic carbocycles. The number of likely N-dealkylation sites (tertiary alicyclic amines) is 1. The first-order chi connectivity index (χ1) is 11.7. The van der Waals surface area contributed by atoms with Crippen molar-refractivity contribution in [1.82, 2.24) is 14.9 Å². The van der Waals surface area contributed by atoms with Crippen LogP contribution < -0.4 is 5.32 Å². The maximum absolute atomic E-state index is 9.48. The molecule has 1 saturated heterocycles. The van der Waals surface area contributed by atoms with Crippen LogP contribution in [0.2, 0.25) is 0 Å². The highest BCUT2D eigenvalue weighted by molar-refractivity contribution is 5.37. The molecule has 2 aliphatic rings. The van der Waals surface area contributed by atoms with Crippen molar-refractivity contribution >= 4 is 5.82 Å². The smallest absolute Gasteiger partial charge is 0.129 e. The summed E-state index contributed by atoms with van der Waals surface area (Å²) in [6.45, 7) is 6.72. The zero-order valence-electron chi connectivity index (χ0n) is 15.0. The molecule has 2 fully saturated rings. The zero-order valence-corrected chi connectivity index (χ0v) is 15.0. The number of aliphatic hydroxyl groups is 1. The molecule has 0 radical (unpaired) electrons. The summed E-state index contributed by atoms with van der Waals surface area (Å²) in [6, 6.07) is 2.07. The average Bonchev–Trinajstić information content (AvgIpc) is 2.80. The maximum Gasteiger partial charge on any atom is 0.129 e. The first kappa shape index (κ1) is 17.6. The minimum atomic E-state index is -0.138. The van der Waals surface area contributed by atoms with Crippen LogP contribution >= 0.6 is 0 Å². The lowest BCUT2D eigenvalue weighted by Crippen LogP contribution is -2.27. The highest BCUT2D eigenvalue weighted by Gasteiger charge is 2.30. The second-order valence-electron chi connectivity index (χ2n) is 7.44. The van der Waals surface area contributed by atoms with Gasteiger partial charge in [-0.2, -0.15) is 0 Å². The van der Waals surface area contributed by atoms with E-state index in [1.54, 1.807) is 0 Å². The van der Waals surface area contributed by atoms with Gasteiger partial charge in [-0.1, -0.05) is 12.8 Å². The first-order valence-electron chi connectivity index (χ1n) is 9.70. The van der Waals surface area contributed by atoms with E-state index in [1.807, 2.05) is 6.92 Å². The minimum absolute atomic E-state index is 0.138. The fraction of sp³-hybridized carbons (Fsp3) is 0.789. The van der Waals surface area contributed by atoms with Gasteiger partial charge in [0.05, 0.1) is 6.10 Å². The molecule has 5 nitrogen and oxygen atoms in total. The Kier molecular flexibility index (Phi) is 6.44. The van der Waals surface area contributed by atoms with Gasteiger partial charge in [0.25, 0.3) is 0 Å². The average molecular weight is 332 g/mol. The Morgan fingerprint density at radius 1 is 1.12 bits per heavy atom. The second kappa shape index (κ2) is 8.77. The molecule has 0 atom stereocenters. The molecule has 1 aromatic rings. The molecular formula is C19H32N4O. The molecule has 2 N–H and O–H groups in total. The van der Waals surface area contributed by atoms with E-state index in [2.05, 4.69) is 26.3 Å². The van der Waals surface area contributed by atoms with Crippen molar-refractivity contribution in [2.45, 2.75) is 70.3 Å². The van der Waals surface area contributed by atoms with E-state index in [1.165, 1.54) is 58.2 Å².